The zero-order valence-electron chi connectivity index (χ0n) is 8.78. The zero-order valence-corrected chi connectivity index (χ0v) is 8.78. The number of aliphatic hydroxyl groups is 2. The Labute approximate surface area is 96.9 Å². The lowest BCUT2D eigenvalue weighted by molar-refractivity contribution is -0.385. The first-order chi connectivity index (χ1) is 8.01. The van der Waals surface area contributed by atoms with E-state index in [9.17, 15) is 20.3 Å². The molecule has 0 bridgehead atoms. The molecule has 0 aromatic heterocycles. The van der Waals surface area contributed by atoms with E-state index in [1.165, 1.54) is 12.1 Å². The first-order valence-corrected chi connectivity index (χ1v) is 4.76. The lowest BCUT2D eigenvalue weighted by Gasteiger charge is -2.16. The van der Waals surface area contributed by atoms with Crippen molar-refractivity contribution in [3.63, 3.8) is 0 Å². The van der Waals surface area contributed by atoms with Gasteiger partial charge in [-0.05, 0) is 11.6 Å². The van der Waals surface area contributed by atoms with E-state index in [0.717, 1.165) is 6.07 Å². The van der Waals surface area contributed by atoms with Crippen LogP contribution in [0.25, 0.3) is 0 Å². The highest BCUT2D eigenvalue weighted by atomic mass is 16.6. The Hall–Kier alpha value is -2.01. The Balaban J connectivity index is 3.17. The summed E-state index contributed by atoms with van der Waals surface area (Å²) in [7, 11) is 0. The molecule has 2 atom stereocenters. The van der Waals surface area contributed by atoms with Gasteiger partial charge >= 0.3 is 0 Å². The molecule has 1 aromatic rings. The van der Waals surface area contributed by atoms with Crippen molar-refractivity contribution < 1.29 is 15.1 Å². The predicted octanol–water partition coefficient (Wildman–Crippen LogP) is -0.181. The average Bonchev–Trinajstić information content (AvgIpc) is 2.35. The zero-order chi connectivity index (χ0) is 13.0. The number of nitro groups is 1. The van der Waals surface area contributed by atoms with Crippen LogP contribution in [0.1, 0.15) is 17.2 Å². The SMILES string of the molecule is N#Cc1ccc(C(O)C(O)CN)cc1[N+](=O)[O-]. The molecule has 0 radical (unpaired) electrons. The van der Waals surface area contributed by atoms with E-state index in [0.29, 0.717) is 0 Å². The first-order valence-electron chi connectivity index (χ1n) is 4.76. The van der Waals surface area contributed by atoms with Gasteiger partial charge in [0, 0.05) is 12.6 Å². The molecule has 2 unspecified atom stereocenters. The number of rotatable bonds is 4. The molecule has 1 rings (SSSR count). The van der Waals surface area contributed by atoms with Gasteiger partial charge in [0.1, 0.15) is 17.7 Å². The van der Waals surface area contributed by atoms with Crippen molar-refractivity contribution in [2.45, 2.75) is 12.2 Å². The van der Waals surface area contributed by atoms with Gasteiger partial charge in [-0.1, -0.05) is 6.07 Å². The average molecular weight is 237 g/mol. The second kappa shape index (κ2) is 5.36. The summed E-state index contributed by atoms with van der Waals surface area (Å²) in [5.74, 6) is 0. The summed E-state index contributed by atoms with van der Waals surface area (Å²) in [6.45, 7) is -0.172. The molecule has 0 spiro atoms. The number of nitriles is 1. The third kappa shape index (κ3) is 2.76. The molecule has 0 saturated heterocycles. The summed E-state index contributed by atoms with van der Waals surface area (Å²) >= 11 is 0. The van der Waals surface area contributed by atoms with E-state index < -0.39 is 22.8 Å². The van der Waals surface area contributed by atoms with Gasteiger partial charge in [-0.15, -0.1) is 0 Å². The highest BCUT2D eigenvalue weighted by molar-refractivity contribution is 5.50. The van der Waals surface area contributed by atoms with E-state index in [1.54, 1.807) is 6.07 Å². The molecule has 0 aliphatic rings. The van der Waals surface area contributed by atoms with Crippen LogP contribution in [0.3, 0.4) is 0 Å². The van der Waals surface area contributed by atoms with Gasteiger partial charge in [-0.25, -0.2) is 0 Å². The summed E-state index contributed by atoms with van der Waals surface area (Å²) in [6, 6.07) is 5.30. The number of nitrogens with two attached hydrogens (primary N) is 1. The van der Waals surface area contributed by atoms with E-state index in [-0.39, 0.29) is 17.7 Å². The standard InChI is InChI=1S/C10H11N3O4/c11-4-7-2-1-6(3-8(7)13(16)17)10(15)9(14)5-12/h1-3,9-10,14-15H,5,12H2. The van der Waals surface area contributed by atoms with E-state index in [4.69, 9.17) is 11.0 Å². The molecule has 4 N–H and O–H groups in total. The molecular formula is C10H11N3O4. The van der Waals surface area contributed by atoms with E-state index in [1.807, 2.05) is 0 Å². The molecule has 0 aliphatic heterocycles. The van der Waals surface area contributed by atoms with Crippen LogP contribution in [0.15, 0.2) is 18.2 Å². The number of benzene rings is 1. The van der Waals surface area contributed by atoms with Gasteiger partial charge in [0.25, 0.3) is 5.69 Å². The Bertz CT molecular complexity index is 469. The smallest absolute Gasteiger partial charge is 0.287 e. The van der Waals surface area contributed by atoms with Gasteiger partial charge in [0.05, 0.1) is 11.0 Å². The Kier molecular flexibility index (Phi) is 4.12. The van der Waals surface area contributed by atoms with Crippen molar-refractivity contribution in [1.82, 2.24) is 0 Å². The lowest BCUT2D eigenvalue weighted by atomic mass is 10.0. The quantitative estimate of drug-likeness (QED) is 0.491. The number of aliphatic hydroxyl groups excluding tert-OH is 2. The van der Waals surface area contributed by atoms with Crippen LogP contribution in [0.4, 0.5) is 5.69 Å². The minimum Gasteiger partial charge on any atom is -0.389 e. The lowest BCUT2D eigenvalue weighted by Crippen LogP contribution is -2.27. The predicted molar refractivity (Wildman–Crippen MR) is 57.8 cm³/mol. The van der Waals surface area contributed by atoms with Crippen LogP contribution in [0.2, 0.25) is 0 Å². The van der Waals surface area contributed by atoms with Crippen LogP contribution < -0.4 is 5.73 Å². The monoisotopic (exact) mass is 237 g/mol. The normalized spacial score (nSPS) is 13.8. The van der Waals surface area contributed by atoms with Crippen molar-refractivity contribution in [3.05, 3.63) is 39.4 Å². The third-order valence-electron chi connectivity index (χ3n) is 2.29. The fraction of sp³-hybridized carbons (Fsp3) is 0.300. The van der Waals surface area contributed by atoms with Crippen molar-refractivity contribution in [3.8, 4) is 6.07 Å². The number of nitro benzene ring substituents is 1. The molecule has 0 aliphatic carbocycles. The molecule has 7 heteroatoms. The van der Waals surface area contributed by atoms with Crippen molar-refractivity contribution in [1.29, 1.82) is 5.26 Å². The third-order valence-corrected chi connectivity index (χ3v) is 2.29. The number of hydrogen-bond donors (Lipinski definition) is 3. The van der Waals surface area contributed by atoms with Gasteiger partial charge in [0.15, 0.2) is 0 Å². The minimum absolute atomic E-state index is 0.104. The van der Waals surface area contributed by atoms with Crippen molar-refractivity contribution in [2.24, 2.45) is 5.73 Å². The highest BCUT2D eigenvalue weighted by Crippen LogP contribution is 2.24. The first kappa shape index (κ1) is 13.1. The maximum Gasteiger partial charge on any atom is 0.287 e. The molecule has 0 fully saturated rings. The summed E-state index contributed by atoms with van der Waals surface area (Å²) in [5.41, 5.74) is 4.80. The highest BCUT2D eigenvalue weighted by Gasteiger charge is 2.21. The van der Waals surface area contributed by atoms with Gasteiger partial charge in [-0.2, -0.15) is 5.26 Å². The van der Waals surface area contributed by atoms with Crippen LogP contribution in [-0.4, -0.2) is 27.8 Å². The molecule has 17 heavy (non-hydrogen) atoms. The second-order valence-corrected chi connectivity index (χ2v) is 3.39. The number of hydrogen-bond acceptors (Lipinski definition) is 6. The molecule has 1 aromatic carbocycles. The van der Waals surface area contributed by atoms with Crippen LogP contribution >= 0.6 is 0 Å². The number of nitrogens with zero attached hydrogens (tertiary/aromatic N) is 2. The maximum absolute atomic E-state index is 10.7. The summed E-state index contributed by atoms with van der Waals surface area (Å²) in [4.78, 5) is 9.96. The van der Waals surface area contributed by atoms with Gasteiger partial charge in [-0.3, -0.25) is 10.1 Å². The van der Waals surface area contributed by atoms with E-state index in [2.05, 4.69) is 0 Å². The fourth-order valence-corrected chi connectivity index (χ4v) is 1.33. The van der Waals surface area contributed by atoms with Crippen LogP contribution in [0, 0.1) is 21.4 Å². The fourth-order valence-electron chi connectivity index (χ4n) is 1.33. The minimum atomic E-state index is -1.31. The molecule has 90 valence electrons. The summed E-state index contributed by atoms with van der Waals surface area (Å²) in [6.07, 6.45) is -2.52. The Morgan fingerprint density at radius 2 is 2.18 bits per heavy atom. The van der Waals surface area contributed by atoms with Crippen LogP contribution in [-0.2, 0) is 0 Å². The second-order valence-electron chi connectivity index (χ2n) is 3.39. The van der Waals surface area contributed by atoms with Crippen molar-refractivity contribution >= 4 is 5.69 Å². The van der Waals surface area contributed by atoms with Crippen molar-refractivity contribution in [2.75, 3.05) is 6.54 Å². The molecule has 0 amide bonds. The Morgan fingerprint density at radius 1 is 1.53 bits per heavy atom. The molecule has 7 nitrogen and oxygen atoms in total. The van der Waals surface area contributed by atoms with Gasteiger partial charge in [0.2, 0.25) is 0 Å². The topological polar surface area (TPSA) is 133 Å². The van der Waals surface area contributed by atoms with Gasteiger partial charge < -0.3 is 15.9 Å². The maximum atomic E-state index is 10.7. The summed E-state index contributed by atoms with van der Waals surface area (Å²) < 4.78 is 0. The Morgan fingerprint density at radius 3 is 2.65 bits per heavy atom. The van der Waals surface area contributed by atoms with Crippen LogP contribution in [0.5, 0.6) is 0 Å². The molecule has 0 saturated carbocycles. The summed E-state index contributed by atoms with van der Waals surface area (Å²) in [5, 5.41) is 38.3. The van der Waals surface area contributed by atoms with E-state index >= 15 is 0 Å². The largest absolute Gasteiger partial charge is 0.389 e. The molecule has 0 heterocycles. The molecular weight excluding hydrogens is 226 g/mol.